The zero-order valence-corrected chi connectivity index (χ0v) is 7.71. The highest BCUT2D eigenvalue weighted by atomic mass is 16.1. The molecule has 0 spiro atoms. The summed E-state index contributed by atoms with van der Waals surface area (Å²) in [6.45, 7) is 2.05. The maximum absolute atomic E-state index is 11.4. The lowest BCUT2D eigenvalue weighted by molar-refractivity contribution is -0.113. The first kappa shape index (κ1) is 8.24. The van der Waals surface area contributed by atoms with Gasteiger partial charge in [-0.1, -0.05) is 35.9 Å². The molecule has 0 saturated carbocycles. The SMILES string of the molecule is Cc1cccc(C2=CCCC2=O)c1. The molecule has 0 heterocycles. The number of ketones is 1. The topological polar surface area (TPSA) is 17.1 Å². The summed E-state index contributed by atoms with van der Waals surface area (Å²) < 4.78 is 0. The molecule has 1 nitrogen and oxygen atoms in total. The Labute approximate surface area is 78.1 Å². The van der Waals surface area contributed by atoms with Gasteiger partial charge in [0.15, 0.2) is 5.78 Å². The first-order valence-electron chi connectivity index (χ1n) is 4.58. The van der Waals surface area contributed by atoms with Crippen molar-refractivity contribution < 1.29 is 4.79 Å². The second kappa shape index (κ2) is 3.17. The van der Waals surface area contributed by atoms with Gasteiger partial charge in [-0.2, -0.15) is 0 Å². The summed E-state index contributed by atoms with van der Waals surface area (Å²) >= 11 is 0. The van der Waals surface area contributed by atoms with E-state index >= 15 is 0 Å². The van der Waals surface area contributed by atoms with Gasteiger partial charge in [0, 0.05) is 12.0 Å². The monoisotopic (exact) mass is 172 g/mol. The fourth-order valence-corrected chi connectivity index (χ4v) is 1.69. The minimum atomic E-state index is 0.283. The third-order valence-corrected chi connectivity index (χ3v) is 2.35. The number of carbonyl (C=O) groups is 1. The number of hydrogen-bond acceptors (Lipinski definition) is 1. The molecule has 1 aliphatic rings. The summed E-state index contributed by atoms with van der Waals surface area (Å²) in [4.78, 5) is 11.4. The van der Waals surface area contributed by atoms with Gasteiger partial charge in [0.1, 0.15) is 0 Å². The smallest absolute Gasteiger partial charge is 0.163 e. The third kappa shape index (κ3) is 1.55. The second-order valence-electron chi connectivity index (χ2n) is 3.45. The van der Waals surface area contributed by atoms with Crippen LogP contribution in [0, 0.1) is 6.92 Å². The maximum Gasteiger partial charge on any atom is 0.163 e. The second-order valence-corrected chi connectivity index (χ2v) is 3.45. The van der Waals surface area contributed by atoms with Crippen molar-refractivity contribution in [1.82, 2.24) is 0 Å². The molecule has 0 bridgehead atoms. The Balaban J connectivity index is 2.41. The molecule has 0 saturated heterocycles. The summed E-state index contributed by atoms with van der Waals surface area (Å²) in [5.74, 6) is 0.283. The Bertz CT molecular complexity index is 374. The van der Waals surface area contributed by atoms with Crippen molar-refractivity contribution in [3.8, 4) is 0 Å². The highest BCUT2D eigenvalue weighted by Gasteiger charge is 2.16. The van der Waals surface area contributed by atoms with Crippen LogP contribution in [0.1, 0.15) is 24.0 Å². The first-order valence-corrected chi connectivity index (χ1v) is 4.58. The number of aryl methyl sites for hydroxylation is 1. The van der Waals surface area contributed by atoms with Crippen LogP contribution < -0.4 is 0 Å². The van der Waals surface area contributed by atoms with Crippen LogP contribution in [0.25, 0.3) is 5.57 Å². The summed E-state index contributed by atoms with van der Waals surface area (Å²) in [5, 5.41) is 0. The minimum Gasteiger partial charge on any atom is -0.294 e. The van der Waals surface area contributed by atoms with Crippen molar-refractivity contribution in [2.24, 2.45) is 0 Å². The fraction of sp³-hybridized carbons (Fsp3) is 0.250. The molecule has 13 heavy (non-hydrogen) atoms. The Morgan fingerprint density at radius 1 is 1.31 bits per heavy atom. The summed E-state index contributed by atoms with van der Waals surface area (Å²) in [6, 6.07) is 8.11. The van der Waals surface area contributed by atoms with Crippen LogP contribution in [0.4, 0.5) is 0 Å². The highest BCUT2D eigenvalue weighted by molar-refractivity contribution is 6.22. The lowest BCUT2D eigenvalue weighted by Crippen LogP contribution is -1.94. The standard InChI is InChI=1S/C12H12O/c1-9-4-2-5-10(8-9)11-6-3-7-12(11)13/h2,4-6,8H,3,7H2,1H3. The predicted molar refractivity (Wildman–Crippen MR) is 53.4 cm³/mol. The molecule has 1 aliphatic carbocycles. The van der Waals surface area contributed by atoms with Crippen molar-refractivity contribution in [3.05, 3.63) is 41.5 Å². The number of hydrogen-bond donors (Lipinski definition) is 0. The van der Waals surface area contributed by atoms with Crippen molar-refractivity contribution in [2.45, 2.75) is 19.8 Å². The quantitative estimate of drug-likeness (QED) is 0.636. The zero-order valence-electron chi connectivity index (χ0n) is 7.71. The molecular weight excluding hydrogens is 160 g/mol. The fourth-order valence-electron chi connectivity index (χ4n) is 1.69. The molecule has 0 atom stereocenters. The minimum absolute atomic E-state index is 0.283. The Morgan fingerprint density at radius 3 is 2.77 bits per heavy atom. The van der Waals surface area contributed by atoms with E-state index in [-0.39, 0.29) is 5.78 Å². The van der Waals surface area contributed by atoms with E-state index in [1.165, 1.54) is 5.56 Å². The van der Waals surface area contributed by atoms with E-state index < -0.39 is 0 Å². The van der Waals surface area contributed by atoms with Gasteiger partial charge in [-0.05, 0) is 18.9 Å². The molecule has 2 rings (SSSR count). The molecule has 66 valence electrons. The van der Waals surface area contributed by atoms with Crippen LogP contribution >= 0.6 is 0 Å². The Hall–Kier alpha value is -1.37. The number of carbonyl (C=O) groups excluding carboxylic acids is 1. The van der Waals surface area contributed by atoms with Gasteiger partial charge in [0.25, 0.3) is 0 Å². The molecule has 0 aliphatic heterocycles. The molecule has 0 fully saturated rings. The van der Waals surface area contributed by atoms with Crippen molar-refractivity contribution in [3.63, 3.8) is 0 Å². The van der Waals surface area contributed by atoms with Crippen LogP contribution in [0.3, 0.4) is 0 Å². The molecule has 1 aromatic rings. The lowest BCUT2D eigenvalue weighted by Gasteiger charge is -2.01. The van der Waals surface area contributed by atoms with E-state index in [1.54, 1.807) is 0 Å². The molecule has 0 unspecified atom stereocenters. The molecule has 1 heteroatoms. The number of allylic oxidation sites excluding steroid dienone is 2. The van der Waals surface area contributed by atoms with E-state index in [0.29, 0.717) is 6.42 Å². The van der Waals surface area contributed by atoms with E-state index in [2.05, 4.69) is 6.07 Å². The molecule has 0 N–H and O–H groups in total. The van der Waals surface area contributed by atoms with Gasteiger partial charge < -0.3 is 0 Å². The van der Waals surface area contributed by atoms with E-state index in [0.717, 1.165) is 17.6 Å². The summed E-state index contributed by atoms with van der Waals surface area (Å²) in [7, 11) is 0. The van der Waals surface area contributed by atoms with Crippen LogP contribution in [0.5, 0.6) is 0 Å². The average Bonchev–Trinajstić information content (AvgIpc) is 2.51. The van der Waals surface area contributed by atoms with Gasteiger partial charge in [-0.3, -0.25) is 4.79 Å². The van der Waals surface area contributed by atoms with Crippen molar-refractivity contribution in [1.29, 1.82) is 0 Å². The third-order valence-electron chi connectivity index (χ3n) is 2.35. The molecular formula is C12H12O. The Kier molecular flexibility index (Phi) is 2.01. The van der Waals surface area contributed by atoms with E-state index in [4.69, 9.17) is 0 Å². The van der Waals surface area contributed by atoms with Gasteiger partial charge in [-0.15, -0.1) is 0 Å². The van der Waals surface area contributed by atoms with Crippen LogP contribution in [-0.4, -0.2) is 5.78 Å². The van der Waals surface area contributed by atoms with E-state index in [1.807, 2.05) is 31.2 Å². The first-order chi connectivity index (χ1) is 6.27. The van der Waals surface area contributed by atoms with Gasteiger partial charge in [-0.25, -0.2) is 0 Å². The number of rotatable bonds is 1. The number of Topliss-reactive ketones (excluding diaryl/α,β-unsaturated/α-hetero) is 1. The normalized spacial score (nSPS) is 16.1. The summed E-state index contributed by atoms with van der Waals surface area (Å²) in [6.07, 6.45) is 3.63. The zero-order chi connectivity index (χ0) is 9.26. The van der Waals surface area contributed by atoms with Crippen molar-refractivity contribution >= 4 is 11.4 Å². The van der Waals surface area contributed by atoms with Gasteiger partial charge in [0.2, 0.25) is 0 Å². The Morgan fingerprint density at radius 2 is 2.15 bits per heavy atom. The predicted octanol–water partition coefficient (Wildman–Crippen LogP) is 2.74. The average molecular weight is 172 g/mol. The largest absolute Gasteiger partial charge is 0.294 e. The van der Waals surface area contributed by atoms with Crippen LogP contribution in [0.15, 0.2) is 30.3 Å². The van der Waals surface area contributed by atoms with Crippen molar-refractivity contribution in [2.75, 3.05) is 0 Å². The lowest BCUT2D eigenvalue weighted by atomic mass is 10.0. The van der Waals surface area contributed by atoms with Crippen LogP contribution in [0.2, 0.25) is 0 Å². The maximum atomic E-state index is 11.4. The highest BCUT2D eigenvalue weighted by Crippen LogP contribution is 2.24. The van der Waals surface area contributed by atoms with E-state index in [9.17, 15) is 4.79 Å². The van der Waals surface area contributed by atoms with Gasteiger partial charge in [0.05, 0.1) is 0 Å². The molecule has 1 aromatic carbocycles. The number of benzene rings is 1. The van der Waals surface area contributed by atoms with Crippen LogP contribution in [-0.2, 0) is 4.79 Å². The summed E-state index contributed by atoms with van der Waals surface area (Å²) in [5.41, 5.74) is 3.18. The molecule has 0 radical (unpaired) electrons. The van der Waals surface area contributed by atoms with Gasteiger partial charge >= 0.3 is 0 Å². The molecule has 0 amide bonds. The molecule has 0 aromatic heterocycles.